The Morgan fingerprint density at radius 1 is 1.06 bits per heavy atom. The number of ether oxygens (including phenoxy) is 2. The minimum atomic E-state index is -1.45. The van der Waals surface area contributed by atoms with Gasteiger partial charge in [-0.25, -0.2) is 9.78 Å². The summed E-state index contributed by atoms with van der Waals surface area (Å²) in [5.74, 6) is -0.258. The first-order chi connectivity index (χ1) is 17.5. The zero-order valence-corrected chi connectivity index (χ0v) is 19.7. The van der Waals surface area contributed by atoms with E-state index in [9.17, 15) is 14.4 Å². The molecule has 4 amide bonds. The molecule has 0 unspecified atom stereocenters. The third-order valence-electron chi connectivity index (χ3n) is 6.42. The first-order valence-electron chi connectivity index (χ1n) is 11.7. The van der Waals surface area contributed by atoms with Crippen molar-refractivity contribution in [2.45, 2.75) is 31.2 Å². The average Bonchev–Trinajstić information content (AvgIpc) is 3.53. The van der Waals surface area contributed by atoms with Crippen LogP contribution in [0.25, 0.3) is 11.3 Å². The molecule has 11 nitrogen and oxygen atoms in total. The summed E-state index contributed by atoms with van der Waals surface area (Å²) in [7, 11) is 1.69. The van der Waals surface area contributed by atoms with Gasteiger partial charge in [-0.05, 0) is 62.1 Å². The lowest BCUT2D eigenvalue weighted by molar-refractivity contribution is -0.137. The molecular weight excluding hydrogens is 464 g/mol. The van der Waals surface area contributed by atoms with E-state index in [0.29, 0.717) is 43.3 Å². The lowest BCUT2D eigenvalue weighted by Gasteiger charge is -2.38. The normalized spacial score (nSPS) is 16.8. The summed E-state index contributed by atoms with van der Waals surface area (Å²) in [5, 5.41) is 11.8. The van der Waals surface area contributed by atoms with Crippen molar-refractivity contribution < 1.29 is 23.9 Å². The number of benzene rings is 1. The van der Waals surface area contributed by atoms with Crippen molar-refractivity contribution in [2.24, 2.45) is 0 Å². The van der Waals surface area contributed by atoms with Gasteiger partial charge in [0, 0.05) is 37.6 Å². The molecular formula is C25H26N6O5. The third-order valence-corrected chi connectivity index (χ3v) is 6.42. The number of nitrogens with zero attached hydrogens (tertiary/aromatic N) is 3. The molecule has 2 aromatic heterocycles. The predicted molar refractivity (Wildman–Crippen MR) is 130 cm³/mol. The molecule has 3 aromatic rings. The van der Waals surface area contributed by atoms with Gasteiger partial charge in [0.1, 0.15) is 5.75 Å². The number of carbonyl (C=O) groups is 3. The molecule has 11 heteroatoms. The van der Waals surface area contributed by atoms with Crippen LogP contribution < -0.4 is 20.3 Å². The van der Waals surface area contributed by atoms with Crippen LogP contribution in [0, 0.1) is 0 Å². The second-order valence-electron chi connectivity index (χ2n) is 8.71. The van der Waals surface area contributed by atoms with Crippen molar-refractivity contribution >= 4 is 23.5 Å². The van der Waals surface area contributed by atoms with E-state index in [2.05, 4.69) is 25.8 Å². The number of imide groups is 2. The average molecular weight is 491 g/mol. The number of aromatic nitrogens is 3. The van der Waals surface area contributed by atoms with E-state index in [4.69, 9.17) is 9.47 Å². The number of hydrogen-bond acceptors (Lipinski definition) is 8. The van der Waals surface area contributed by atoms with E-state index in [1.807, 2.05) is 30.3 Å². The van der Waals surface area contributed by atoms with Crippen LogP contribution in [0.5, 0.6) is 11.6 Å². The molecule has 0 bridgehead atoms. The molecule has 3 N–H and O–H groups in total. The maximum atomic E-state index is 12.6. The highest BCUT2D eigenvalue weighted by Crippen LogP contribution is 2.36. The van der Waals surface area contributed by atoms with Crippen LogP contribution >= 0.6 is 0 Å². The highest BCUT2D eigenvalue weighted by atomic mass is 16.5. The molecule has 2 aliphatic heterocycles. The number of urea groups is 1. The Morgan fingerprint density at radius 3 is 2.53 bits per heavy atom. The molecule has 0 saturated carbocycles. The second-order valence-corrected chi connectivity index (χ2v) is 8.71. The first-order valence-corrected chi connectivity index (χ1v) is 11.7. The van der Waals surface area contributed by atoms with Crippen LogP contribution in [0.2, 0.25) is 0 Å². The first kappa shape index (κ1) is 23.5. The van der Waals surface area contributed by atoms with Gasteiger partial charge in [0.15, 0.2) is 5.54 Å². The number of aromatic amines is 1. The number of carbonyl (C=O) groups excluding carboxylic acids is 3. The maximum absolute atomic E-state index is 12.6. The Hall–Kier alpha value is -4.25. The van der Waals surface area contributed by atoms with E-state index in [1.54, 1.807) is 30.3 Å². The van der Waals surface area contributed by atoms with Crippen molar-refractivity contribution in [1.82, 2.24) is 25.8 Å². The fraction of sp³-hybridized carbons (Fsp3) is 0.320. The SMILES string of the molecule is COCCCc1cc(-c2ccc(Oc3ccc(N4CCCC45C(=O)NC(=O)NC5=O)cn3)cc2)n[nH]1. The summed E-state index contributed by atoms with van der Waals surface area (Å²) in [6, 6.07) is 12.2. The molecule has 186 valence electrons. The van der Waals surface area contributed by atoms with Crippen molar-refractivity contribution in [1.29, 1.82) is 0 Å². The standard InChI is InChI=1S/C25H26N6O5/c1-35-13-2-4-17-14-20(30-29-17)16-5-8-19(9-6-16)36-21-10-7-18(15-26-21)31-12-3-11-25(31)22(32)27-24(34)28-23(25)33/h5-10,14-15H,2-4,11-13H2,1H3,(H,29,30)(H2,27,28,32,33,34). The fourth-order valence-electron chi connectivity index (χ4n) is 4.64. The number of barbiturate groups is 1. The number of aryl methyl sites for hydroxylation is 1. The van der Waals surface area contributed by atoms with E-state index in [1.165, 1.54) is 0 Å². The number of methoxy groups -OCH3 is 1. The Labute approximate surface area is 207 Å². The number of hydrogen-bond donors (Lipinski definition) is 3. The number of anilines is 1. The van der Waals surface area contributed by atoms with Crippen LogP contribution in [0.3, 0.4) is 0 Å². The number of amides is 4. The lowest BCUT2D eigenvalue weighted by Crippen LogP contribution is -2.71. The topological polar surface area (TPSA) is 139 Å². The summed E-state index contributed by atoms with van der Waals surface area (Å²) in [6.07, 6.45) is 4.30. The summed E-state index contributed by atoms with van der Waals surface area (Å²) >= 11 is 0. The van der Waals surface area contributed by atoms with Crippen molar-refractivity contribution in [2.75, 3.05) is 25.2 Å². The molecule has 5 rings (SSSR count). The minimum absolute atomic E-state index is 0.313. The highest BCUT2D eigenvalue weighted by Gasteiger charge is 2.57. The number of H-pyrrole nitrogens is 1. The van der Waals surface area contributed by atoms with Crippen LogP contribution in [-0.4, -0.2) is 58.8 Å². The molecule has 2 saturated heterocycles. The predicted octanol–water partition coefficient (Wildman–Crippen LogP) is 2.55. The van der Waals surface area contributed by atoms with Crippen molar-refractivity contribution in [3.8, 4) is 22.9 Å². The van der Waals surface area contributed by atoms with Gasteiger partial charge in [-0.2, -0.15) is 5.10 Å². The number of pyridine rings is 1. The number of nitrogens with one attached hydrogen (secondary N) is 3. The van der Waals surface area contributed by atoms with Gasteiger partial charge in [0.05, 0.1) is 17.6 Å². The van der Waals surface area contributed by atoms with E-state index in [0.717, 1.165) is 29.8 Å². The van der Waals surface area contributed by atoms with Crippen LogP contribution in [0.15, 0.2) is 48.7 Å². The second kappa shape index (κ2) is 9.78. The largest absolute Gasteiger partial charge is 0.439 e. The maximum Gasteiger partial charge on any atom is 0.328 e. The van der Waals surface area contributed by atoms with Gasteiger partial charge >= 0.3 is 6.03 Å². The molecule has 2 aliphatic rings. The van der Waals surface area contributed by atoms with Gasteiger partial charge in [-0.3, -0.25) is 25.3 Å². The zero-order valence-electron chi connectivity index (χ0n) is 19.7. The van der Waals surface area contributed by atoms with Crippen LogP contribution in [-0.2, 0) is 20.7 Å². The van der Waals surface area contributed by atoms with E-state index in [-0.39, 0.29) is 0 Å². The Morgan fingerprint density at radius 2 is 1.83 bits per heavy atom. The van der Waals surface area contributed by atoms with Gasteiger partial charge in [0.2, 0.25) is 5.88 Å². The summed E-state index contributed by atoms with van der Waals surface area (Å²) in [4.78, 5) is 42.8. The quantitative estimate of drug-likeness (QED) is 0.323. The lowest BCUT2D eigenvalue weighted by atomic mass is 9.92. The molecule has 2 fully saturated rings. The van der Waals surface area contributed by atoms with E-state index < -0.39 is 23.4 Å². The molecule has 0 atom stereocenters. The third kappa shape index (κ3) is 4.40. The van der Waals surface area contributed by atoms with Crippen molar-refractivity contribution in [3.63, 3.8) is 0 Å². The molecule has 1 spiro atoms. The smallest absolute Gasteiger partial charge is 0.328 e. The Balaban J connectivity index is 1.25. The minimum Gasteiger partial charge on any atom is -0.439 e. The number of rotatable bonds is 8. The zero-order chi connectivity index (χ0) is 25.1. The van der Waals surface area contributed by atoms with Crippen molar-refractivity contribution in [3.05, 3.63) is 54.4 Å². The Kier molecular flexibility index (Phi) is 6.38. The van der Waals surface area contributed by atoms with E-state index >= 15 is 0 Å². The molecule has 36 heavy (non-hydrogen) atoms. The molecule has 0 radical (unpaired) electrons. The summed E-state index contributed by atoms with van der Waals surface area (Å²) < 4.78 is 11.0. The summed E-state index contributed by atoms with van der Waals surface area (Å²) in [6.45, 7) is 1.19. The van der Waals surface area contributed by atoms with Gasteiger partial charge in [-0.15, -0.1) is 0 Å². The summed E-state index contributed by atoms with van der Waals surface area (Å²) in [5.41, 5.74) is 2.01. The highest BCUT2D eigenvalue weighted by molar-refractivity contribution is 6.24. The van der Waals surface area contributed by atoms with Gasteiger partial charge in [-0.1, -0.05) is 0 Å². The van der Waals surface area contributed by atoms with Crippen LogP contribution in [0.1, 0.15) is 25.0 Å². The monoisotopic (exact) mass is 490 g/mol. The fourth-order valence-corrected chi connectivity index (χ4v) is 4.64. The van der Waals surface area contributed by atoms with Gasteiger partial charge in [0.25, 0.3) is 11.8 Å². The molecule has 0 aliphatic carbocycles. The molecule has 4 heterocycles. The van der Waals surface area contributed by atoms with Crippen LogP contribution in [0.4, 0.5) is 10.5 Å². The molecule has 1 aromatic carbocycles. The Bertz CT molecular complexity index is 1250. The van der Waals surface area contributed by atoms with Gasteiger partial charge < -0.3 is 14.4 Å².